The number of aromatic nitrogens is 2. The summed E-state index contributed by atoms with van der Waals surface area (Å²) in [5.41, 5.74) is 8.00. The number of amides is 1. The van der Waals surface area contributed by atoms with Crippen LogP contribution in [-0.2, 0) is 4.79 Å². The molecule has 0 radical (unpaired) electrons. The van der Waals surface area contributed by atoms with Gasteiger partial charge in [-0.1, -0.05) is 12.1 Å². The molecule has 0 fully saturated rings. The highest BCUT2D eigenvalue weighted by molar-refractivity contribution is 5.84. The van der Waals surface area contributed by atoms with Crippen molar-refractivity contribution in [3.8, 4) is 5.75 Å². The van der Waals surface area contributed by atoms with E-state index in [4.69, 9.17) is 10.5 Å². The van der Waals surface area contributed by atoms with Crippen molar-refractivity contribution in [2.45, 2.75) is 31.9 Å². The molecule has 0 aliphatic heterocycles. The van der Waals surface area contributed by atoms with Crippen LogP contribution in [0, 0.1) is 0 Å². The summed E-state index contributed by atoms with van der Waals surface area (Å²) in [4.78, 5) is 11.9. The maximum Gasteiger partial charge on any atom is 0.321 e. The minimum absolute atomic E-state index is 0.515. The third-order valence-corrected chi connectivity index (χ3v) is 4.57. The smallest absolute Gasteiger partial charge is 0.321 e. The van der Waals surface area contributed by atoms with E-state index in [1.165, 1.54) is 0 Å². The fraction of sp³-hybridized carbons (Fsp3) is 0.300. The number of hydrogen-bond donors (Lipinski definition) is 2. The zero-order chi connectivity index (χ0) is 20.5. The van der Waals surface area contributed by atoms with E-state index in [9.17, 15) is 13.6 Å². The van der Waals surface area contributed by atoms with Crippen LogP contribution in [0.15, 0.2) is 48.7 Å². The number of nitrogens with zero attached hydrogens (tertiary/aromatic N) is 2. The van der Waals surface area contributed by atoms with Crippen molar-refractivity contribution in [1.82, 2.24) is 15.1 Å². The summed E-state index contributed by atoms with van der Waals surface area (Å²) in [5.74, 6) is -4.14. The van der Waals surface area contributed by atoms with Crippen LogP contribution in [0.5, 0.6) is 5.75 Å². The van der Waals surface area contributed by atoms with Crippen molar-refractivity contribution in [2.75, 3.05) is 12.8 Å². The van der Waals surface area contributed by atoms with Crippen LogP contribution in [0.1, 0.15) is 25.5 Å². The number of methoxy groups -OCH3 is 1. The first-order chi connectivity index (χ1) is 13.2. The highest BCUT2D eigenvalue weighted by Crippen LogP contribution is 2.29. The number of anilines is 1. The molecule has 0 saturated heterocycles. The summed E-state index contributed by atoms with van der Waals surface area (Å²) < 4.78 is 33.7. The van der Waals surface area contributed by atoms with Crippen LogP contribution >= 0.6 is 0 Å². The van der Waals surface area contributed by atoms with Gasteiger partial charge in [0.05, 0.1) is 30.9 Å². The van der Waals surface area contributed by atoms with Gasteiger partial charge >= 0.3 is 5.92 Å². The van der Waals surface area contributed by atoms with Crippen molar-refractivity contribution in [1.29, 1.82) is 0 Å². The molecule has 0 bridgehead atoms. The Hall–Kier alpha value is -3.16. The molecule has 28 heavy (non-hydrogen) atoms. The summed E-state index contributed by atoms with van der Waals surface area (Å²) in [7, 11) is 1.56. The zero-order valence-electron chi connectivity index (χ0n) is 15.8. The van der Waals surface area contributed by atoms with Crippen LogP contribution < -0.4 is 15.8 Å². The van der Waals surface area contributed by atoms with Crippen molar-refractivity contribution < 1.29 is 18.3 Å². The van der Waals surface area contributed by atoms with E-state index in [0.717, 1.165) is 16.5 Å². The zero-order valence-corrected chi connectivity index (χ0v) is 15.8. The van der Waals surface area contributed by atoms with Gasteiger partial charge in [0.15, 0.2) is 0 Å². The molecule has 0 aliphatic rings. The van der Waals surface area contributed by atoms with Gasteiger partial charge in [-0.3, -0.25) is 9.48 Å². The minimum atomic E-state index is -3.47. The Morgan fingerprint density at radius 1 is 1.25 bits per heavy atom. The first-order valence-corrected chi connectivity index (χ1v) is 8.76. The molecule has 3 rings (SSSR count). The van der Waals surface area contributed by atoms with Gasteiger partial charge in [-0.05, 0) is 42.8 Å². The number of ether oxygens (including phenoxy) is 1. The van der Waals surface area contributed by atoms with Gasteiger partial charge < -0.3 is 15.8 Å². The highest BCUT2D eigenvalue weighted by atomic mass is 19.3. The molecular formula is C20H22F2N4O2. The number of nitrogens with two attached hydrogens (primary N) is 1. The number of benzene rings is 2. The summed E-state index contributed by atoms with van der Waals surface area (Å²) >= 11 is 0. The fourth-order valence-corrected chi connectivity index (χ4v) is 3.15. The SMILES string of the molecule is COc1ccc([C@H]([C@H](C)NC(=O)C(C)(F)F)n2ncc3cc(N)ccc32)cc1. The molecule has 1 heterocycles. The molecule has 2 atom stereocenters. The molecule has 0 aliphatic carbocycles. The van der Waals surface area contributed by atoms with E-state index in [1.807, 2.05) is 18.2 Å². The molecule has 8 heteroatoms. The van der Waals surface area contributed by atoms with E-state index in [-0.39, 0.29) is 0 Å². The van der Waals surface area contributed by atoms with Crippen LogP contribution in [-0.4, -0.2) is 34.8 Å². The number of carbonyl (C=O) groups is 1. The number of fused-ring (bicyclic) bond motifs is 1. The van der Waals surface area contributed by atoms with E-state index >= 15 is 0 Å². The topological polar surface area (TPSA) is 82.2 Å². The molecule has 3 aromatic rings. The first-order valence-electron chi connectivity index (χ1n) is 8.76. The van der Waals surface area contributed by atoms with Gasteiger partial charge in [0.25, 0.3) is 5.91 Å². The first kappa shape index (κ1) is 19.6. The van der Waals surface area contributed by atoms with Gasteiger partial charge in [-0.15, -0.1) is 0 Å². The number of hydrogen-bond acceptors (Lipinski definition) is 4. The average Bonchev–Trinajstić information content (AvgIpc) is 3.04. The number of halogens is 2. The molecule has 3 N–H and O–H groups in total. The second kappa shape index (κ2) is 7.46. The number of nitrogens with one attached hydrogen (secondary N) is 1. The maximum atomic E-state index is 13.4. The molecular weight excluding hydrogens is 366 g/mol. The molecule has 148 valence electrons. The largest absolute Gasteiger partial charge is 0.497 e. The van der Waals surface area contributed by atoms with E-state index in [2.05, 4.69) is 10.4 Å². The average molecular weight is 388 g/mol. The predicted octanol–water partition coefficient (Wildman–Crippen LogP) is 3.38. The third kappa shape index (κ3) is 3.90. The molecule has 1 amide bonds. The van der Waals surface area contributed by atoms with Crippen molar-refractivity contribution in [3.63, 3.8) is 0 Å². The summed E-state index contributed by atoms with van der Waals surface area (Å²) in [6.45, 7) is 2.24. The Morgan fingerprint density at radius 2 is 1.93 bits per heavy atom. The molecule has 0 unspecified atom stereocenters. The van der Waals surface area contributed by atoms with Gasteiger partial charge in [-0.2, -0.15) is 13.9 Å². The van der Waals surface area contributed by atoms with Crippen LogP contribution in [0.2, 0.25) is 0 Å². The summed E-state index contributed by atoms with van der Waals surface area (Å²) in [5, 5.41) is 7.66. The molecule has 0 spiro atoms. The van der Waals surface area contributed by atoms with Crippen LogP contribution in [0.4, 0.5) is 14.5 Å². The van der Waals surface area contributed by atoms with Crippen LogP contribution in [0.3, 0.4) is 0 Å². The van der Waals surface area contributed by atoms with E-state index in [0.29, 0.717) is 18.4 Å². The fourth-order valence-electron chi connectivity index (χ4n) is 3.15. The number of nitrogen functional groups attached to an aromatic ring is 1. The van der Waals surface area contributed by atoms with Gasteiger partial charge in [0.2, 0.25) is 0 Å². The minimum Gasteiger partial charge on any atom is -0.497 e. The lowest BCUT2D eigenvalue weighted by atomic mass is 9.99. The quantitative estimate of drug-likeness (QED) is 0.635. The number of rotatable bonds is 6. The Labute approximate surface area is 161 Å². The van der Waals surface area contributed by atoms with Gasteiger partial charge in [0, 0.05) is 18.0 Å². The summed E-state index contributed by atoms with van der Waals surface area (Å²) in [6.07, 6.45) is 1.66. The Morgan fingerprint density at radius 3 is 2.54 bits per heavy atom. The second-order valence-corrected chi connectivity index (χ2v) is 6.78. The number of alkyl halides is 2. The predicted molar refractivity (Wildman–Crippen MR) is 104 cm³/mol. The van der Waals surface area contributed by atoms with Gasteiger partial charge in [0.1, 0.15) is 5.75 Å². The monoisotopic (exact) mass is 388 g/mol. The van der Waals surface area contributed by atoms with Gasteiger partial charge in [-0.25, -0.2) is 0 Å². The van der Waals surface area contributed by atoms with Crippen molar-refractivity contribution in [3.05, 3.63) is 54.2 Å². The van der Waals surface area contributed by atoms with E-state index < -0.39 is 23.9 Å². The third-order valence-electron chi connectivity index (χ3n) is 4.57. The summed E-state index contributed by atoms with van der Waals surface area (Å²) in [6, 6.07) is 11.4. The lowest BCUT2D eigenvalue weighted by molar-refractivity contribution is -0.143. The molecule has 0 saturated carbocycles. The van der Waals surface area contributed by atoms with E-state index in [1.54, 1.807) is 49.2 Å². The Kier molecular flexibility index (Phi) is 5.22. The second-order valence-electron chi connectivity index (χ2n) is 6.78. The Bertz CT molecular complexity index is 980. The highest BCUT2D eigenvalue weighted by Gasteiger charge is 2.35. The molecule has 1 aromatic heterocycles. The standard InChI is InChI=1S/C20H22F2N4O2/c1-12(25-19(27)20(2,21)22)18(13-4-7-16(28-3)8-5-13)26-17-9-6-15(23)10-14(17)11-24-26/h4-12,18H,23H2,1-3H3,(H,25,27)/t12-,18-/m0/s1. The lowest BCUT2D eigenvalue weighted by Gasteiger charge is -2.27. The lowest BCUT2D eigenvalue weighted by Crippen LogP contribution is -2.46. The Balaban J connectivity index is 2.06. The van der Waals surface area contributed by atoms with Crippen LogP contribution in [0.25, 0.3) is 10.9 Å². The van der Waals surface area contributed by atoms with Crippen molar-refractivity contribution in [2.24, 2.45) is 0 Å². The normalized spacial score (nSPS) is 13.9. The molecule has 2 aromatic carbocycles. The number of carbonyl (C=O) groups excluding carboxylic acids is 1. The van der Waals surface area contributed by atoms with Crippen molar-refractivity contribution >= 4 is 22.5 Å². The maximum absolute atomic E-state index is 13.4. The molecule has 6 nitrogen and oxygen atoms in total.